The fourth-order valence-electron chi connectivity index (χ4n) is 2.96. The molecule has 1 aliphatic carbocycles. The van der Waals surface area contributed by atoms with Crippen molar-refractivity contribution in [2.75, 3.05) is 0 Å². The standard InChI is InChI=1S/C18H29N/c1-12(2)15-6-8-16(9-7-15)14(5)19-18-10-17(11-18)13(3)4/h6-9,12-14,17-19H,10-11H2,1-5H3. The lowest BCUT2D eigenvalue weighted by molar-refractivity contribution is 0.159. The summed E-state index contributed by atoms with van der Waals surface area (Å²) >= 11 is 0. The van der Waals surface area contributed by atoms with Crippen LogP contribution in [0.2, 0.25) is 0 Å². The monoisotopic (exact) mass is 259 g/mol. The highest BCUT2D eigenvalue weighted by atomic mass is 15.0. The van der Waals surface area contributed by atoms with Crippen LogP contribution in [0.15, 0.2) is 24.3 Å². The van der Waals surface area contributed by atoms with Gasteiger partial charge >= 0.3 is 0 Å². The van der Waals surface area contributed by atoms with Crippen LogP contribution in [0.3, 0.4) is 0 Å². The summed E-state index contributed by atoms with van der Waals surface area (Å²) in [6, 6.07) is 10.3. The number of hydrogen-bond acceptors (Lipinski definition) is 1. The van der Waals surface area contributed by atoms with Crippen molar-refractivity contribution < 1.29 is 0 Å². The van der Waals surface area contributed by atoms with Crippen molar-refractivity contribution in [3.05, 3.63) is 35.4 Å². The topological polar surface area (TPSA) is 12.0 Å². The van der Waals surface area contributed by atoms with E-state index in [1.165, 1.54) is 24.0 Å². The summed E-state index contributed by atoms with van der Waals surface area (Å²) in [6.45, 7) is 11.5. The van der Waals surface area contributed by atoms with Gasteiger partial charge in [0.1, 0.15) is 0 Å². The Balaban J connectivity index is 1.85. The van der Waals surface area contributed by atoms with Gasteiger partial charge in [0.05, 0.1) is 0 Å². The number of nitrogens with one attached hydrogen (secondary N) is 1. The highest BCUT2D eigenvalue weighted by Crippen LogP contribution is 2.34. The van der Waals surface area contributed by atoms with Crippen LogP contribution in [0.1, 0.15) is 70.5 Å². The minimum atomic E-state index is 0.472. The van der Waals surface area contributed by atoms with E-state index in [-0.39, 0.29) is 0 Å². The van der Waals surface area contributed by atoms with Crippen molar-refractivity contribution in [3.8, 4) is 0 Å². The van der Waals surface area contributed by atoms with Crippen LogP contribution in [0.25, 0.3) is 0 Å². The van der Waals surface area contributed by atoms with E-state index in [0.717, 1.165) is 17.9 Å². The van der Waals surface area contributed by atoms with E-state index in [2.05, 4.69) is 64.2 Å². The molecule has 0 spiro atoms. The SMILES string of the molecule is CC(C)c1ccc(C(C)NC2CC(C(C)C)C2)cc1. The molecule has 106 valence electrons. The lowest BCUT2D eigenvalue weighted by atomic mass is 9.73. The van der Waals surface area contributed by atoms with Gasteiger partial charge in [-0.1, -0.05) is 52.0 Å². The molecule has 1 aromatic rings. The summed E-state index contributed by atoms with van der Waals surface area (Å²) in [7, 11) is 0. The Kier molecular flexibility index (Phi) is 4.67. The fourth-order valence-corrected chi connectivity index (χ4v) is 2.96. The van der Waals surface area contributed by atoms with Crippen LogP contribution in [0.5, 0.6) is 0 Å². The molecule has 2 rings (SSSR count). The first-order chi connectivity index (χ1) is 8.97. The first-order valence-electron chi connectivity index (χ1n) is 7.83. The van der Waals surface area contributed by atoms with E-state index in [1.54, 1.807) is 0 Å². The largest absolute Gasteiger partial charge is 0.307 e. The molecule has 1 aromatic carbocycles. The average Bonchev–Trinajstić information content (AvgIpc) is 2.32. The summed E-state index contributed by atoms with van der Waals surface area (Å²) < 4.78 is 0. The molecule has 0 heterocycles. The maximum atomic E-state index is 3.77. The third-order valence-corrected chi connectivity index (χ3v) is 4.71. The van der Waals surface area contributed by atoms with E-state index in [9.17, 15) is 0 Å². The average molecular weight is 259 g/mol. The van der Waals surface area contributed by atoms with Crippen molar-refractivity contribution in [1.82, 2.24) is 5.32 Å². The lowest BCUT2D eigenvalue weighted by Crippen LogP contribution is -2.43. The minimum absolute atomic E-state index is 0.472. The number of hydrogen-bond donors (Lipinski definition) is 1. The summed E-state index contributed by atoms with van der Waals surface area (Å²) in [5, 5.41) is 3.77. The number of benzene rings is 1. The molecule has 1 aliphatic rings. The molecular weight excluding hydrogens is 230 g/mol. The smallest absolute Gasteiger partial charge is 0.0294 e. The molecule has 1 N–H and O–H groups in total. The molecule has 1 nitrogen and oxygen atoms in total. The first-order valence-corrected chi connectivity index (χ1v) is 7.83. The zero-order chi connectivity index (χ0) is 14.0. The summed E-state index contributed by atoms with van der Waals surface area (Å²) in [4.78, 5) is 0. The van der Waals surface area contributed by atoms with Gasteiger partial charge in [0.15, 0.2) is 0 Å². The Hall–Kier alpha value is -0.820. The zero-order valence-corrected chi connectivity index (χ0v) is 13.1. The Morgan fingerprint density at radius 1 is 0.895 bits per heavy atom. The van der Waals surface area contributed by atoms with Crippen LogP contribution in [0.4, 0.5) is 0 Å². The molecule has 1 fully saturated rings. The predicted molar refractivity (Wildman–Crippen MR) is 83.4 cm³/mol. The van der Waals surface area contributed by atoms with E-state index in [0.29, 0.717) is 12.0 Å². The van der Waals surface area contributed by atoms with Gasteiger partial charge in [-0.05, 0) is 48.6 Å². The second kappa shape index (κ2) is 6.09. The predicted octanol–water partition coefficient (Wildman–Crippen LogP) is 4.90. The van der Waals surface area contributed by atoms with Gasteiger partial charge in [-0.3, -0.25) is 0 Å². The fraction of sp³-hybridized carbons (Fsp3) is 0.667. The zero-order valence-electron chi connectivity index (χ0n) is 13.1. The van der Waals surface area contributed by atoms with Gasteiger partial charge in [-0.25, -0.2) is 0 Å². The van der Waals surface area contributed by atoms with E-state index in [1.807, 2.05) is 0 Å². The Morgan fingerprint density at radius 2 is 1.42 bits per heavy atom. The maximum absolute atomic E-state index is 3.77. The Bertz CT molecular complexity index is 385. The van der Waals surface area contributed by atoms with E-state index >= 15 is 0 Å². The van der Waals surface area contributed by atoms with Gasteiger partial charge in [0, 0.05) is 12.1 Å². The van der Waals surface area contributed by atoms with Crippen LogP contribution >= 0.6 is 0 Å². The molecular formula is C18H29N. The summed E-state index contributed by atoms with van der Waals surface area (Å²) in [6.07, 6.45) is 2.71. The third kappa shape index (κ3) is 3.60. The molecule has 0 radical (unpaired) electrons. The van der Waals surface area contributed by atoms with Crippen molar-refractivity contribution >= 4 is 0 Å². The highest BCUT2D eigenvalue weighted by Gasteiger charge is 2.31. The normalized spacial score (nSPS) is 24.6. The molecule has 0 aliphatic heterocycles. The highest BCUT2D eigenvalue weighted by molar-refractivity contribution is 5.26. The molecule has 0 aromatic heterocycles. The van der Waals surface area contributed by atoms with Crippen LogP contribution < -0.4 is 5.32 Å². The second-order valence-corrected chi connectivity index (χ2v) is 6.88. The van der Waals surface area contributed by atoms with Crippen molar-refractivity contribution in [3.63, 3.8) is 0 Å². The Labute approximate surface area is 118 Å². The van der Waals surface area contributed by atoms with Crippen molar-refractivity contribution in [2.24, 2.45) is 11.8 Å². The maximum Gasteiger partial charge on any atom is 0.0294 e. The van der Waals surface area contributed by atoms with E-state index in [4.69, 9.17) is 0 Å². The van der Waals surface area contributed by atoms with Crippen LogP contribution in [-0.4, -0.2) is 6.04 Å². The molecule has 0 saturated heterocycles. The molecule has 1 heteroatoms. The molecule has 1 unspecified atom stereocenters. The molecule has 1 saturated carbocycles. The Morgan fingerprint density at radius 3 is 1.89 bits per heavy atom. The van der Waals surface area contributed by atoms with Crippen LogP contribution in [0, 0.1) is 11.8 Å². The second-order valence-electron chi connectivity index (χ2n) is 6.88. The van der Waals surface area contributed by atoms with Crippen molar-refractivity contribution in [1.29, 1.82) is 0 Å². The van der Waals surface area contributed by atoms with Gasteiger partial charge in [0.2, 0.25) is 0 Å². The first kappa shape index (κ1) is 14.6. The molecule has 19 heavy (non-hydrogen) atoms. The quantitative estimate of drug-likeness (QED) is 0.793. The van der Waals surface area contributed by atoms with Crippen LogP contribution in [-0.2, 0) is 0 Å². The minimum Gasteiger partial charge on any atom is -0.307 e. The van der Waals surface area contributed by atoms with Crippen molar-refractivity contribution in [2.45, 2.75) is 65.5 Å². The molecule has 0 bridgehead atoms. The van der Waals surface area contributed by atoms with Gasteiger partial charge < -0.3 is 5.32 Å². The molecule has 1 atom stereocenters. The lowest BCUT2D eigenvalue weighted by Gasteiger charge is -2.40. The van der Waals surface area contributed by atoms with Gasteiger partial charge in [-0.15, -0.1) is 0 Å². The molecule has 0 amide bonds. The summed E-state index contributed by atoms with van der Waals surface area (Å²) in [5.41, 5.74) is 2.84. The number of rotatable bonds is 5. The van der Waals surface area contributed by atoms with Gasteiger partial charge in [0.25, 0.3) is 0 Å². The third-order valence-electron chi connectivity index (χ3n) is 4.71. The van der Waals surface area contributed by atoms with Gasteiger partial charge in [-0.2, -0.15) is 0 Å². The van der Waals surface area contributed by atoms with E-state index < -0.39 is 0 Å². The summed E-state index contributed by atoms with van der Waals surface area (Å²) in [5.74, 6) is 2.41.